The predicted molar refractivity (Wildman–Crippen MR) is 160 cm³/mol. The maximum absolute atomic E-state index is 13.2. The average molecular weight is 558 g/mol. The van der Waals surface area contributed by atoms with E-state index in [0.717, 1.165) is 37.1 Å². The zero-order chi connectivity index (χ0) is 28.8. The molecule has 218 valence electrons. The van der Waals surface area contributed by atoms with Gasteiger partial charge in [-0.1, -0.05) is 42.5 Å². The first-order chi connectivity index (χ1) is 19.7. The molecule has 41 heavy (non-hydrogen) atoms. The van der Waals surface area contributed by atoms with Crippen LogP contribution in [0.4, 0.5) is 4.79 Å². The molecule has 3 aromatic rings. The van der Waals surface area contributed by atoms with E-state index < -0.39 is 11.6 Å². The number of fused-ring (bicyclic) bond motifs is 3. The standard InChI is InChI=1S/C33H43N5O3/c1-23-34-28-11-7-8-12-29(28)38(23)27-21-25-13-14-26(22-27)37(25)20-17-33(24-9-5-4-6-10-24)15-18-36(19-16-33)30(39)32(2,3)35-31(40)41/h4-12,25-27,35H,13-22H2,1-3H3,(H,40,41). The second kappa shape index (κ2) is 10.8. The smallest absolute Gasteiger partial charge is 0.405 e. The van der Waals surface area contributed by atoms with Crippen molar-refractivity contribution in [2.75, 3.05) is 19.6 Å². The Bertz CT molecular complexity index is 1390. The van der Waals surface area contributed by atoms with Crippen molar-refractivity contribution in [3.05, 3.63) is 66.0 Å². The van der Waals surface area contributed by atoms with E-state index in [4.69, 9.17) is 4.98 Å². The normalized spacial score (nSPS) is 24.5. The van der Waals surface area contributed by atoms with E-state index in [0.29, 0.717) is 31.2 Å². The van der Waals surface area contributed by atoms with Crippen LogP contribution in [0, 0.1) is 6.92 Å². The number of carboxylic acid groups (broad SMARTS) is 1. The number of hydrogen-bond acceptors (Lipinski definition) is 4. The quantitative estimate of drug-likeness (QED) is 0.400. The Morgan fingerprint density at radius 2 is 1.61 bits per heavy atom. The van der Waals surface area contributed by atoms with Crippen molar-refractivity contribution in [1.29, 1.82) is 0 Å². The van der Waals surface area contributed by atoms with Crippen molar-refractivity contribution in [1.82, 2.24) is 24.7 Å². The first-order valence-electron chi connectivity index (χ1n) is 15.2. The highest BCUT2D eigenvalue weighted by molar-refractivity contribution is 5.89. The number of piperidine rings is 2. The number of nitrogens with one attached hydrogen (secondary N) is 1. The number of aromatic nitrogens is 2. The number of likely N-dealkylation sites (tertiary alicyclic amines) is 1. The van der Waals surface area contributed by atoms with Crippen LogP contribution in [-0.4, -0.2) is 73.7 Å². The first-order valence-corrected chi connectivity index (χ1v) is 15.2. The maximum Gasteiger partial charge on any atom is 0.405 e. The Labute approximate surface area is 242 Å². The second-order valence-electron chi connectivity index (χ2n) is 13.0. The summed E-state index contributed by atoms with van der Waals surface area (Å²) < 4.78 is 2.50. The summed E-state index contributed by atoms with van der Waals surface area (Å²) in [6.45, 7) is 7.79. The lowest BCUT2D eigenvalue weighted by Crippen LogP contribution is -2.58. The molecular weight excluding hydrogens is 514 g/mol. The number of benzene rings is 2. The zero-order valence-electron chi connectivity index (χ0n) is 24.6. The summed E-state index contributed by atoms with van der Waals surface area (Å²) in [7, 11) is 0. The number of imidazole rings is 1. The molecule has 2 aromatic carbocycles. The zero-order valence-corrected chi connectivity index (χ0v) is 24.6. The van der Waals surface area contributed by atoms with Crippen molar-refractivity contribution < 1.29 is 14.7 Å². The van der Waals surface area contributed by atoms with Gasteiger partial charge in [0, 0.05) is 31.2 Å². The fourth-order valence-electron chi connectivity index (χ4n) is 8.12. The Balaban J connectivity index is 1.16. The molecule has 0 aliphatic carbocycles. The number of hydrogen-bond donors (Lipinski definition) is 2. The highest BCUT2D eigenvalue weighted by Crippen LogP contribution is 2.45. The van der Waals surface area contributed by atoms with Crippen LogP contribution in [0.5, 0.6) is 0 Å². The molecule has 8 nitrogen and oxygen atoms in total. The molecule has 1 aromatic heterocycles. The van der Waals surface area contributed by atoms with Gasteiger partial charge < -0.3 is 19.9 Å². The van der Waals surface area contributed by atoms with E-state index >= 15 is 0 Å². The molecule has 2 atom stereocenters. The summed E-state index contributed by atoms with van der Waals surface area (Å²) in [6, 6.07) is 21.0. The molecule has 0 radical (unpaired) electrons. The van der Waals surface area contributed by atoms with Crippen molar-refractivity contribution in [3.8, 4) is 0 Å². The SMILES string of the molecule is Cc1nc2ccccc2n1C1CC2CCC(C1)N2CCC1(c2ccccc2)CCN(C(=O)C(C)(C)NC(=O)O)CC1. The molecule has 2 amide bonds. The third-order valence-electron chi connectivity index (χ3n) is 10.2. The van der Waals surface area contributed by atoms with E-state index in [1.807, 2.05) is 4.90 Å². The average Bonchev–Trinajstić information content (AvgIpc) is 3.42. The number of carbonyl (C=O) groups is 2. The molecule has 3 aliphatic rings. The van der Waals surface area contributed by atoms with Crippen molar-refractivity contribution in [2.45, 2.75) is 94.8 Å². The fraction of sp³-hybridized carbons (Fsp3) is 0.545. The Hall–Kier alpha value is -3.39. The molecular formula is C33H43N5O3. The summed E-state index contributed by atoms with van der Waals surface area (Å²) in [5.74, 6) is 0.971. The van der Waals surface area contributed by atoms with Crippen molar-refractivity contribution >= 4 is 23.0 Å². The number of para-hydroxylation sites is 2. The molecule has 2 N–H and O–H groups in total. The molecule has 2 unspecified atom stereocenters. The monoisotopic (exact) mass is 557 g/mol. The molecule has 0 spiro atoms. The molecule has 0 saturated carbocycles. The maximum atomic E-state index is 13.2. The van der Waals surface area contributed by atoms with Gasteiger partial charge >= 0.3 is 6.09 Å². The third kappa shape index (κ3) is 5.23. The van der Waals surface area contributed by atoms with Gasteiger partial charge in [0.15, 0.2) is 0 Å². The van der Waals surface area contributed by atoms with Crippen LogP contribution < -0.4 is 5.32 Å². The predicted octanol–water partition coefficient (Wildman–Crippen LogP) is 5.51. The van der Waals surface area contributed by atoms with Crippen LogP contribution in [0.3, 0.4) is 0 Å². The molecule has 4 heterocycles. The van der Waals surface area contributed by atoms with Gasteiger partial charge in [-0.2, -0.15) is 0 Å². The van der Waals surface area contributed by atoms with Crippen molar-refractivity contribution in [3.63, 3.8) is 0 Å². The molecule has 6 rings (SSSR count). The van der Waals surface area contributed by atoms with E-state index in [9.17, 15) is 14.7 Å². The Morgan fingerprint density at radius 1 is 0.976 bits per heavy atom. The molecule has 2 bridgehead atoms. The summed E-state index contributed by atoms with van der Waals surface area (Å²) in [6.07, 6.45) is 6.54. The number of carbonyl (C=O) groups excluding carboxylic acids is 1. The minimum atomic E-state index is -1.17. The third-order valence-corrected chi connectivity index (χ3v) is 10.2. The highest BCUT2D eigenvalue weighted by atomic mass is 16.4. The topological polar surface area (TPSA) is 90.7 Å². The van der Waals surface area contributed by atoms with Gasteiger partial charge in [0.1, 0.15) is 11.4 Å². The number of rotatable bonds is 7. The van der Waals surface area contributed by atoms with Crippen molar-refractivity contribution in [2.24, 2.45) is 0 Å². The number of amides is 2. The van der Waals surface area contributed by atoms with Gasteiger partial charge in [-0.05, 0) is 95.4 Å². The summed E-state index contributed by atoms with van der Waals surface area (Å²) in [4.78, 5) is 34.0. The van der Waals surface area contributed by atoms with Gasteiger partial charge in [0.05, 0.1) is 11.0 Å². The molecule has 3 aliphatic heterocycles. The van der Waals surface area contributed by atoms with Crippen LogP contribution in [0.1, 0.15) is 76.2 Å². The summed E-state index contributed by atoms with van der Waals surface area (Å²) >= 11 is 0. The first kappa shape index (κ1) is 27.8. The van der Waals surface area contributed by atoms with Gasteiger partial charge in [0.25, 0.3) is 0 Å². The van der Waals surface area contributed by atoms with Gasteiger partial charge in [-0.25, -0.2) is 9.78 Å². The van der Waals surface area contributed by atoms with E-state index in [1.54, 1.807) is 13.8 Å². The second-order valence-corrected chi connectivity index (χ2v) is 13.0. The Kier molecular flexibility index (Phi) is 7.30. The number of aryl methyl sites for hydroxylation is 1. The minimum absolute atomic E-state index is 0.00976. The van der Waals surface area contributed by atoms with Gasteiger partial charge in [0.2, 0.25) is 5.91 Å². The van der Waals surface area contributed by atoms with Crippen LogP contribution in [0.25, 0.3) is 11.0 Å². The molecule has 8 heteroatoms. The van der Waals surface area contributed by atoms with Crippen LogP contribution in [0.15, 0.2) is 54.6 Å². The van der Waals surface area contributed by atoms with E-state index in [1.165, 1.54) is 36.8 Å². The minimum Gasteiger partial charge on any atom is -0.465 e. The largest absolute Gasteiger partial charge is 0.465 e. The van der Waals surface area contributed by atoms with Gasteiger partial charge in [-0.15, -0.1) is 0 Å². The summed E-state index contributed by atoms with van der Waals surface area (Å²) in [5, 5.41) is 11.6. The van der Waals surface area contributed by atoms with E-state index in [-0.39, 0.29) is 11.3 Å². The summed E-state index contributed by atoms with van der Waals surface area (Å²) in [5.41, 5.74) is 2.58. The van der Waals surface area contributed by atoms with Crippen LogP contribution in [-0.2, 0) is 10.2 Å². The van der Waals surface area contributed by atoms with Crippen LogP contribution >= 0.6 is 0 Å². The van der Waals surface area contributed by atoms with E-state index in [2.05, 4.69) is 76.3 Å². The lowest BCUT2D eigenvalue weighted by atomic mass is 9.70. The molecule has 3 fully saturated rings. The lowest BCUT2D eigenvalue weighted by molar-refractivity contribution is -0.138. The highest BCUT2D eigenvalue weighted by Gasteiger charge is 2.45. The fourth-order valence-corrected chi connectivity index (χ4v) is 8.12. The van der Waals surface area contributed by atoms with Crippen LogP contribution in [0.2, 0.25) is 0 Å². The number of nitrogens with zero attached hydrogens (tertiary/aromatic N) is 4. The lowest BCUT2D eigenvalue weighted by Gasteiger charge is -2.46. The Morgan fingerprint density at radius 3 is 2.27 bits per heavy atom. The molecule has 3 saturated heterocycles. The van der Waals surface area contributed by atoms with Gasteiger partial charge in [-0.3, -0.25) is 9.69 Å².